The fourth-order valence-electron chi connectivity index (χ4n) is 2.14. The van der Waals surface area contributed by atoms with E-state index in [0.717, 1.165) is 0 Å². The smallest absolute Gasteiger partial charge is 0.393 e. The van der Waals surface area contributed by atoms with E-state index in [2.05, 4.69) is 5.32 Å². The molecule has 1 aromatic rings. The van der Waals surface area contributed by atoms with Crippen LogP contribution in [0.3, 0.4) is 0 Å². The summed E-state index contributed by atoms with van der Waals surface area (Å²) in [7, 11) is 0. The molecule has 1 fully saturated rings. The zero-order valence-corrected chi connectivity index (χ0v) is 10.7. The molecule has 2 rings (SSSR count). The molecule has 21 heavy (non-hydrogen) atoms. The summed E-state index contributed by atoms with van der Waals surface area (Å²) in [6.07, 6.45) is -9.21. The molecule has 2 nitrogen and oxygen atoms in total. The summed E-state index contributed by atoms with van der Waals surface area (Å²) in [6.45, 7) is -0.107. The molecule has 2 N–H and O–H groups in total. The van der Waals surface area contributed by atoms with Crippen molar-refractivity contribution in [1.82, 2.24) is 5.32 Å². The Hall–Kier alpha value is -1.28. The van der Waals surface area contributed by atoms with Crippen molar-refractivity contribution in [1.29, 1.82) is 0 Å². The van der Waals surface area contributed by atoms with Crippen LogP contribution in [0.2, 0.25) is 0 Å². The molecule has 118 valence electrons. The zero-order chi connectivity index (χ0) is 15.8. The number of halogens is 6. The van der Waals surface area contributed by atoms with E-state index < -0.39 is 29.6 Å². The van der Waals surface area contributed by atoms with Gasteiger partial charge in [-0.1, -0.05) is 0 Å². The Morgan fingerprint density at radius 1 is 0.952 bits per heavy atom. The van der Waals surface area contributed by atoms with Crippen molar-refractivity contribution in [2.24, 2.45) is 0 Å². The Morgan fingerprint density at radius 2 is 1.43 bits per heavy atom. The number of alkyl halides is 6. The molecule has 1 aliphatic rings. The first-order chi connectivity index (χ1) is 9.55. The van der Waals surface area contributed by atoms with Gasteiger partial charge in [-0.25, -0.2) is 0 Å². The molecule has 0 unspecified atom stereocenters. The fraction of sp³-hybridized carbons (Fsp3) is 0.538. The summed E-state index contributed by atoms with van der Waals surface area (Å²) in [6, 6.07) is 1.44. The average Bonchev–Trinajstić information content (AvgIpc) is 2.30. The van der Waals surface area contributed by atoms with Gasteiger partial charge >= 0.3 is 12.4 Å². The van der Waals surface area contributed by atoms with Crippen LogP contribution in [0.5, 0.6) is 0 Å². The Labute approximate surface area is 116 Å². The Kier molecular flexibility index (Phi) is 4.21. The molecule has 0 bridgehead atoms. The van der Waals surface area contributed by atoms with Crippen molar-refractivity contribution < 1.29 is 31.4 Å². The predicted molar refractivity (Wildman–Crippen MR) is 62.3 cm³/mol. The number of nitrogens with one attached hydrogen (secondary N) is 1. The van der Waals surface area contributed by atoms with E-state index in [0.29, 0.717) is 25.0 Å². The minimum atomic E-state index is -4.83. The summed E-state index contributed by atoms with van der Waals surface area (Å²) in [4.78, 5) is 0. The lowest BCUT2D eigenvalue weighted by atomic mass is 9.89. The lowest BCUT2D eigenvalue weighted by Crippen LogP contribution is -2.43. The molecule has 1 aromatic carbocycles. The Bertz CT molecular complexity index is 472. The van der Waals surface area contributed by atoms with E-state index in [4.69, 9.17) is 5.11 Å². The molecule has 0 heterocycles. The maximum Gasteiger partial charge on any atom is 0.416 e. The van der Waals surface area contributed by atoms with E-state index >= 15 is 0 Å². The van der Waals surface area contributed by atoms with Crippen LogP contribution in [-0.2, 0) is 18.9 Å². The Balaban J connectivity index is 2.19. The van der Waals surface area contributed by atoms with Crippen LogP contribution < -0.4 is 5.32 Å². The quantitative estimate of drug-likeness (QED) is 0.839. The maximum atomic E-state index is 12.6. The molecule has 8 heteroatoms. The maximum absolute atomic E-state index is 12.6. The summed E-state index contributed by atoms with van der Waals surface area (Å²) >= 11 is 0. The summed E-state index contributed by atoms with van der Waals surface area (Å²) in [5.74, 6) is 0. The van der Waals surface area contributed by atoms with E-state index in [1.165, 1.54) is 0 Å². The normalized spacial score (nSPS) is 23.0. The molecule has 0 saturated heterocycles. The van der Waals surface area contributed by atoms with Crippen LogP contribution in [0.1, 0.15) is 29.5 Å². The van der Waals surface area contributed by atoms with Crippen LogP contribution in [0, 0.1) is 0 Å². The standard InChI is InChI=1S/C13H13F6NO/c14-12(15,16)8-1-7(2-9(3-8)13(17,18)19)6-20-10-4-11(21)5-10/h1-3,10-11,20-21H,4-6H2. The third-order valence-electron chi connectivity index (χ3n) is 3.36. The van der Waals surface area contributed by atoms with Crippen LogP contribution in [0.25, 0.3) is 0 Å². The number of hydrogen-bond acceptors (Lipinski definition) is 2. The topological polar surface area (TPSA) is 32.3 Å². The first-order valence-corrected chi connectivity index (χ1v) is 6.25. The van der Waals surface area contributed by atoms with Gasteiger partial charge in [-0.2, -0.15) is 26.3 Å². The van der Waals surface area contributed by atoms with Crippen LogP contribution in [0.4, 0.5) is 26.3 Å². The second-order valence-corrected chi connectivity index (χ2v) is 5.12. The van der Waals surface area contributed by atoms with Gasteiger partial charge in [0.05, 0.1) is 17.2 Å². The monoisotopic (exact) mass is 313 g/mol. The van der Waals surface area contributed by atoms with Crippen molar-refractivity contribution in [3.63, 3.8) is 0 Å². The minimum absolute atomic E-state index is 0.0797. The fourth-order valence-corrected chi connectivity index (χ4v) is 2.14. The SMILES string of the molecule is OC1CC(NCc2cc(C(F)(F)F)cc(C(F)(F)F)c2)C1. The second-order valence-electron chi connectivity index (χ2n) is 5.12. The average molecular weight is 313 g/mol. The van der Waals surface area contributed by atoms with Crippen LogP contribution >= 0.6 is 0 Å². The zero-order valence-electron chi connectivity index (χ0n) is 10.7. The lowest BCUT2D eigenvalue weighted by molar-refractivity contribution is -0.143. The third-order valence-corrected chi connectivity index (χ3v) is 3.36. The first-order valence-electron chi connectivity index (χ1n) is 6.25. The van der Waals surface area contributed by atoms with Crippen LogP contribution in [-0.4, -0.2) is 17.3 Å². The largest absolute Gasteiger partial charge is 0.416 e. The third kappa shape index (κ3) is 4.10. The number of aliphatic hydroxyl groups excluding tert-OH is 1. The number of aliphatic hydroxyl groups is 1. The van der Waals surface area contributed by atoms with Gasteiger partial charge in [0.15, 0.2) is 0 Å². The molecule has 1 aliphatic carbocycles. The number of benzene rings is 1. The van der Waals surface area contributed by atoms with Crippen LogP contribution in [0.15, 0.2) is 18.2 Å². The molecule has 0 spiro atoms. The van der Waals surface area contributed by atoms with Gasteiger partial charge < -0.3 is 10.4 Å². The molecule has 0 amide bonds. The van der Waals surface area contributed by atoms with Gasteiger partial charge in [0, 0.05) is 12.6 Å². The van der Waals surface area contributed by atoms with Gasteiger partial charge in [0.1, 0.15) is 0 Å². The van der Waals surface area contributed by atoms with Crippen molar-refractivity contribution in [2.45, 2.75) is 43.9 Å². The van der Waals surface area contributed by atoms with Gasteiger partial charge in [-0.05, 0) is 36.6 Å². The van der Waals surface area contributed by atoms with Crippen molar-refractivity contribution in [3.8, 4) is 0 Å². The molecule has 0 aromatic heterocycles. The second kappa shape index (κ2) is 5.49. The van der Waals surface area contributed by atoms with E-state index in [1.54, 1.807) is 0 Å². The van der Waals surface area contributed by atoms with E-state index in [-0.39, 0.29) is 24.2 Å². The van der Waals surface area contributed by atoms with E-state index in [9.17, 15) is 26.3 Å². The number of rotatable bonds is 3. The van der Waals surface area contributed by atoms with Gasteiger partial charge in [0.25, 0.3) is 0 Å². The predicted octanol–water partition coefficient (Wildman–Crippen LogP) is 3.34. The molecule has 0 radical (unpaired) electrons. The minimum Gasteiger partial charge on any atom is -0.393 e. The Morgan fingerprint density at radius 3 is 1.81 bits per heavy atom. The van der Waals surface area contributed by atoms with Gasteiger partial charge in [-0.15, -0.1) is 0 Å². The molecular formula is C13H13F6NO. The molecule has 0 aliphatic heterocycles. The molecule has 1 saturated carbocycles. The summed E-state index contributed by atoms with van der Waals surface area (Å²) in [5.41, 5.74) is -2.72. The highest BCUT2D eigenvalue weighted by Gasteiger charge is 2.37. The van der Waals surface area contributed by atoms with Crippen molar-refractivity contribution >= 4 is 0 Å². The van der Waals surface area contributed by atoms with Crippen molar-refractivity contribution in [2.75, 3.05) is 0 Å². The molecule has 0 atom stereocenters. The van der Waals surface area contributed by atoms with E-state index in [1.807, 2.05) is 0 Å². The summed E-state index contributed by atoms with van der Waals surface area (Å²) < 4.78 is 75.9. The highest BCUT2D eigenvalue weighted by atomic mass is 19.4. The molecular weight excluding hydrogens is 300 g/mol. The number of hydrogen-bond donors (Lipinski definition) is 2. The first kappa shape index (κ1) is 16.1. The van der Waals surface area contributed by atoms with Gasteiger partial charge in [-0.3, -0.25) is 0 Å². The van der Waals surface area contributed by atoms with Crippen molar-refractivity contribution in [3.05, 3.63) is 34.9 Å². The lowest BCUT2D eigenvalue weighted by Gasteiger charge is -2.32. The highest BCUT2D eigenvalue weighted by Crippen LogP contribution is 2.36. The van der Waals surface area contributed by atoms with Gasteiger partial charge in [0.2, 0.25) is 0 Å². The summed E-state index contributed by atoms with van der Waals surface area (Å²) in [5, 5.41) is 11.9. The highest BCUT2D eigenvalue weighted by molar-refractivity contribution is 5.33.